The highest BCUT2D eigenvalue weighted by Gasteiger charge is 2.38. The third-order valence-corrected chi connectivity index (χ3v) is 8.43. The Balaban J connectivity index is 1.57. The standard InChI is InChI=1S/C37H42FN5O3/c1-25-7-4-5-8-31(25)32-9-6-13-37(26(32)2,21-33(38)28-10-11-30(24-40-16-18-45)34(20-28)46-3)43-36-35-29(12-14-41-36)19-27(23-42-35)22-39-15-17-44/h4-14,19-21,23,26,39-40,44-45H,15-18,22,24H2,1-3H3,(H,41,43)/b33-21-. The zero-order valence-corrected chi connectivity index (χ0v) is 26.6. The highest BCUT2D eigenvalue weighted by molar-refractivity contribution is 5.89. The molecular formula is C37H42FN5O3. The van der Waals surface area contributed by atoms with Gasteiger partial charge in [0.25, 0.3) is 0 Å². The number of anilines is 1. The fourth-order valence-corrected chi connectivity index (χ4v) is 5.88. The highest BCUT2D eigenvalue weighted by Crippen LogP contribution is 2.42. The molecule has 4 aromatic rings. The monoisotopic (exact) mass is 623 g/mol. The molecule has 0 spiro atoms. The molecule has 46 heavy (non-hydrogen) atoms. The average molecular weight is 624 g/mol. The smallest absolute Gasteiger partial charge is 0.153 e. The summed E-state index contributed by atoms with van der Waals surface area (Å²) >= 11 is 0. The minimum absolute atomic E-state index is 0.0293. The van der Waals surface area contributed by atoms with Crippen molar-refractivity contribution in [2.45, 2.75) is 32.5 Å². The topological polar surface area (TPSA) is 112 Å². The van der Waals surface area contributed by atoms with Crippen LogP contribution in [-0.2, 0) is 13.1 Å². The number of aromatic nitrogens is 2. The second-order valence-corrected chi connectivity index (χ2v) is 11.5. The summed E-state index contributed by atoms with van der Waals surface area (Å²) in [5.41, 5.74) is 5.23. The Labute approximate surface area is 269 Å². The second kappa shape index (κ2) is 15.2. The molecule has 0 radical (unpaired) electrons. The number of benzene rings is 2. The molecule has 0 saturated carbocycles. The number of aliphatic hydroxyl groups excluding tert-OH is 2. The molecule has 0 bridgehead atoms. The molecule has 240 valence electrons. The SMILES string of the molecule is COc1cc(/C(F)=C/C2(Nc3nccc4cc(CNCCO)cnc34)C=CC=C(c3ccccc3C)C2C)ccc1CNCCO. The first kappa shape index (κ1) is 33.0. The van der Waals surface area contributed by atoms with Crippen LogP contribution in [0.3, 0.4) is 0 Å². The van der Waals surface area contributed by atoms with E-state index in [0.717, 1.165) is 33.2 Å². The number of methoxy groups -OCH3 is 1. The van der Waals surface area contributed by atoms with E-state index in [-0.39, 0.29) is 19.1 Å². The van der Waals surface area contributed by atoms with Crippen LogP contribution in [0.1, 0.15) is 34.7 Å². The van der Waals surface area contributed by atoms with Crippen LogP contribution >= 0.6 is 0 Å². The highest BCUT2D eigenvalue weighted by atomic mass is 19.1. The zero-order valence-electron chi connectivity index (χ0n) is 26.6. The van der Waals surface area contributed by atoms with Crippen molar-refractivity contribution in [2.24, 2.45) is 5.92 Å². The van der Waals surface area contributed by atoms with Gasteiger partial charge in [-0.25, -0.2) is 9.37 Å². The Bertz CT molecular complexity index is 1750. The molecule has 0 aliphatic heterocycles. The third kappa shape index (κ3) is 7.35. The Morgan fingerprint density at radius 1 is 1.02 bits per heavy atom. The maximum absolute atomic E-state index is 16.5. The van der Waals surface area contributed by atoms with Gasteiger partial charge in [0.05, 0.1) is 25.9 Å². The molecule has 0 saturated heterocycles. The van der Waals surface area contributed by atoms with E-state index in [0.29, 0.717) is 48.8 Å². The van der Waals surface area contributed by atoms with Crippen LogP contribution in [-0.4, -0.2) is 59.1 Å². The lowest BCUT2D eigenvalue weighted by Gasteiger charge is -2.39. The summed E-state index contributed by atoms with van der Waals surface area (Å²) in [7, 11) is 1.57. The van der Waals surface area contributed by atoms with Crippen molar-refractivity contribution in [2.75, 3.05) is 38.7 Å². The van der Waals surface area contributed by atoms with Crippen molar-refractivity contribution in [3.8, 4) is 5.75 Å². The summed E-state index contributed by atoms with van der Waals surface area (Å²) in [6, 6.07) is 17.5. The van der Waals surface area contributed by atoms with Crippen LogP contribution in [0.4, 0.5) is 10.2 Å². The molecule has 9 heteroatoms. The third-order valence-electron chi connectivity index (χ3n) is 8.43. The Morgan fingerprint density at radius 2 is 1.80 bits per heavy atom. The number of aliphatic hydroxyl groups is 2. The van der Waals surface area contributed by atoms with Crippen molar-refractivity contribution in [3.05, 3.63) is 119 Å². The lowest BCUT2D eigenvalue weighted by atomic mass is 9.73. The molecule has 5 N–H and O–H groups in total. The summed E-state index contributed by atoms with van der Waals surface area (Å²) < 4.78 is 22.1. The van der Waals surface area contributed by atoms with Crippen molar-refractivity contribution in [1.29, 1.82) is 0 Å². The van der Waals surface area contributed by atoms with Crippen LogP contribution in [0.2, 0.25) is 0 Å². The van der Waals surface area contributed by atoms with Gasteiger partial charge in [-0.2, -0.15) is 0 Å². The first-order valence-corrected chi connectivity index (χ1v) is 15.5. The molecule has 2 aromatic carbocycles. The molecule has 2 heterocycles. The molecule has 0 fully saturated rings. The number of ether oxygens (including phenoxy) is 1. The number of fused-ring (bicyclic) bond motifs is 1. The maximum Gasteiger partial charge on any atom is 0.153 e. The van der Waals surface area contributed by atoms with Crippen LogP contribution < -0.4 is 20.7 Å². The van der Waals surface area contributed by atoms with Crippen LogP contribution in [0.15, 0.2) is 91.3 Å². The molecule has 1 aliphatic rings. The van der Waals surface area contributed by atoms with E-state index >= 15 is 4.39 Å². The predicted octanol–water partition coefficient (Wildman–Crippen LogP) is 5.56. The van der Waals surface area contributed by atoms with Gasteiger partial charge in [0.2, 0.25) is 0 Å². The zero-order chi connectivity index (χ0) is 32.5. The van der Waals surface area contributed by atoms with E-state index in [2.05, 4.69) is 53.0 Å². The number of allylic oxidation sites excluding steroid dienone is 2. The number of nitrogens with zero attached hydrogens (tertiary/aromatic N) is 2. The van der Waals surface area contributed by atoms with Gasteiger partial charge in [-0.3, -0.25) is 4.98 Å². The molecule has 2 atom stereocenters. The van der Waals surface area contributed by atoms with Crippen molar-refractivity contribution < 1.29 is 19.3 Å². The molecule has 8 nitrogen and oxygen atoms in total. The molecule has 5 rings (SSSR count). The largest absolute Gasteiger partial charge is 0.496 e. The van der Waals surface area contributed by atoms with Crippen molar-refractivity contribution >= 4 is 28.1 Å². The van der Waals surface area contributed by atoms with E-state index in [9.17, 15) is 0 Å². The van der Waals surface area contributed by atoms with E-state index in [1.54, 1.807) is 37.7 Å². The van der Waals surface area contributed by atoms with Crippen molar-refractivity contribution in [3.63, 3.8) is 0 Å². The first-order chi connectivity index (χ1) is 22.4. The van der Waals surface area contributed by atoms with Gasteiger partial charge >= 0.3 is 0 Å². The number of rotatable bonds is 14. The second-order valence-electron chi connectivity index (χ2n) is 11.5. The maximum atomic E-state index is 16.5. The Hall–Kier alpha value is -4.41. The van der Waals surface area contributed by atoms with Gasteiger partial charge in [-0.1, -0.05) is 61.5 Å². The van der Waals surface area contributed by atoms with Gasteiger partial charge in [0.15, 0.2) is 5.82 Å². The van der Waals surface area contributed by atoms with E-state index in [4.69, 9.17) is 19.9 Å². The lowest BCUT2D eigenvalue weighted by molar-refractivity contribution is 0.291. The molecular weight excluding hydrogens is 581 g/mol. The first-order valence-electron chi connectivity index (χ1n) is 15.5. The molecule has 1 aliphatic carbocycles. The van der Waals surface area contributed by atoms with Crippen molar-refractivity contribution in [1.82, 2.24) is 20.6 Å². The molecule has 2 aromatic heterocycles. The van der Waals surface area contributed by atoms with Crippen LogP contribution in [0, 0.1) is 12.8 Å². The lowest BCUT2D eigenvalue weighted by Crippen LogP contribution is -2.43. The number of halogens is 1. The van der Waals surface area contributed by atoms with Crippen LogP contribution in [0.25, 0.3) is 22.3 Å². The molecule has 2 unspecified atom stereocenters. The summed E-state index contributed by atoms with van der Waals surface area (Å²) in [4.78, 5) is 9.44. The van der Waals surface area contributed by atoms with Gasteiger partial charge in [-0.15, -0.1) is 0 Å². The number of pyridine rings is 2. The minimum atomic E-state index is -1.00. The van der Waals surface area contributed by atoms with Crippen LogP contribution in [0.5, 0.6) is 5.75 Å². The average Bonchev–Trinajstić information content (AvgIpc) is 3.07. The fraction of sp³-hybridized carbons (Fsp3) is 0.297. The number of hydrogen-bond acceptors (Lipinski definition) is 8. The minimum Gasteiger partial charge on any atom is -0.496 e. The summed E-state index contributed by atoms with van der Waals surface area (Å²) in [6.45, 7) is 6.29. The summed E-state index contributed by atoms with van der Waals surface area (Å²) in [5, 5.41) is 29.1. The van der Waals surface area contributed by atoms with E-state index in [1.807, 2.05) is 42.5 Å². The van der Waals surface area contributed by atoms with Gasteiger partial charge in [0.1, 0.15) is 17.1 Å². The predicted molar refractivity (Wildman–Crippen MR) is 183 cm³/mol. The van der Waals surface area contributed by atoms with Gasteiger partial charge < -0.3 is 30.9 Å². The Morgan fingerprint density at radius 3 is 2.57 bits per heavy atom. The quantitative estimate of drug-likeness (QED) is 0.116. The summed E-state index contributed by atoms with van der Waals surface area (Å²) in [5.74, 6) is 0.494. The Kier molecular flexibility index (Phi) is 10.9. The number of hydrogen-bond donors (Lipinski definition) is 5. The normalized spacial score (nSPS) is 18.1. The van der Waals surface area contributed by atoms with Gasteiger partial charge in [0, 0.05) is 61.0 Å². The number of aryl methyl sites for hydroxylation is 1. The number of nitrogens with one attached hydrogen (secondary N) is 3. The molecule has 0 amide bonds. The van der Waals surface area contributed by atoms with Gasteiger partial charge in [-0.05, 0) is 53.5 Å². The van der Waals surface area contributed by atoms with E-state index in [1.165, 1.54) is 0 Å². The fourth-order valence-electron chi connectivity index (χ4n) is 5.88. The summed E-state index contributed by atoms with van der Waals surface area (Å²) in [6.07, 6.45) is 11.2. The van der Waals surface area contributed by atoms with E-state index < -0.39 is 11.4 Å².